The Morgan fingerprint density at radius 1 is 1.14 bits per heavy atom. The van der Waals surface area contributed by atoms with Crippen molar-refractivity contribution in [3.8, 4) is 22.4 Å². The summed E-state index contributed by atoms with van der Waals surface area (Å²) >= 11 is 0. The summed E-state index contributed by atoms with van der Waals surface area (Å²) in [5.74, 6) is 0.0289. The van der Waals surface area contributed by atoms with Gasteiger partial charge in [0.15, 0.2) is 5.49 Å². The number of anilines is 1. The molecule has 0 aliphatic carbocycles. The van der Waals surface area contributed by atoms with E-state index >= 15 is 0 Å². The van der Waals surface area contributed by atoms with E-state index in [1.807, 2.05) is 56.3 Å². The Bertz CT molecular complexity index is 1070. The molecule has 2 heterocycles. The van der Waals surface area contributed by atoms with Crippen molar-refractivity contribution in [1.82, 2.24) is 19.5 Å². The van der Waals surface area contributed by atoms with Crippen LogP contribution >= 0.6 is 0 Å². The summed E-state index contributed by atoms with van der Waals surface area (Å²) in [4.78, 5) is 20.8. The highest BCUT2D eigenvalue weighted by atomic mass is 16.3. The largest absolute Gasteiger partial charge is 0.394 e. The molecule has 0 amide bonds. The molecule has 0 spiro atoms. The van der Waals surface area contributed by atoms with Gasteiger partial charge >= 0.3 is 0 Å². The summed E-state index contributed by atoms with van der Waals surface area (Å²) < 4.78 is 1.21. The number of hydrogen-bond donors (Lipinski definition) is 2. The standard InChI is InChI=1S/C21H24N6O2/c1-14-11-17(12-15(2)23-14)18-19(16-7-5-4-6-8-16)24-21(22)27(13-29)20(18)25-26(3)9-10-28/h4-8,11-13,28H,9-10H2,1-3H3,(H2,22,24)/b25-20-. The molecule has 29 heavy (non-hydrogen) atoms. The topological polar surface area (TPSA) is 110 Å². The van der Waals surface area contributed by atoms with E-state index in [1.165, 1.54) is 4.57 Å². The molecule has 0 saturated heterocycles. The molecule has 150 valence electrons. The third kappa shape index (κ3) is 4.33. The van der Waals surface area contributed by atoms with E-state index < -0.39 is 0 Å². The van der Waals surface area contributed by atoms with Crippen molar-refractivity contribution in [1.29, 1.82) is 0 Å². The van der Waals surface area contributed by atoms with Gasteiger partial charge in [-0.3, -0.25) is 14.8 Å². The van der Waals surface area contributed by atoms with Crippen molar-refractivity contribution in [2.24, 2.45) is 5.10 Å². The van der Waals surface area contributed by atoms with Crippen LogP contribution in [0.15, 0.2) is 47.6 Å². The molecule has 0 fully saturated rings. The van der Waals surface area contributed by atoms with Gasteiger partial charge in [-0.1, -0.05) is 30.3 Å². The van der Waals surface area contributed by atoms with E-state index in [0.717, 1.165) is 22.5 Å². The molecule has 0 saturated carbocycles. The third-order valence-corrected chi connectivity index (χ3v) is 4.37. The fourth-order valence-electron chi connectivity index (χ4n) is 3.17. The van der Waals surface area contributed by atoms with Crippen molar-refractivity contribution in [2.75, 3.05) is 25.9 Å². The van der Waals surface area contributed by atoms with Crippen molar-refractivity contribution in [2.45, 2.75) is 13.8 Å². The van der Waals surface area contributed by atoms with Crippen LogP contribution < -0.4 is 11.2 Å². The Labute approximate surface area is 169 Å². The normalized spacial score (nSPS) is 11.5. The summed E-state index contributed by atoms with van der Waals surface area (Å²) in [5.41, 5.74) is 11.1. The summed E-state index contributed by atoms with van der Waals surface area (Å²) in [5, 5.41) is 15.4. The SMILES string of the molecule is Cc1cc(-c2c(-c3ccccc3)nc(N)n(C=O)/c2=N\N(C)CCO)cc(C)n1. The number of nitrogens with zero attached hydrogens (tertiary/aromatic N) is 5. The number of aromatic nitrogens is 3. The number of aryl methyl sites for hydroxylation is 2. The van der Waals surface area contributed by atoms with Crippen LogP contribution in [0.4, 0.5) is 5.95 Å². The Hall–Kier alpha value is -3.52. The molecular weight excluding hydrogens is 368 g/mol. The Morgan fingerprint density at radius 2 is 1.79 bits per heavy atom. The highest BCUT2D eigenvalue weighted by Crippen LogP contribution is 2.29. The van der Waals surface area contributed by atoms with Crippen LogP contribution in [0.25, 0.3) is 22.4 Å². The van der Waals surface area contributed by atoms with Gasteiger partial charge in [0.25, 0.3) is 0 Å². The van der Waals surface area contributed by atoms with E-state index in [2.05, 4.69) is 15.1 Å². The Balaban J connectivity index is 2.47. The molecule has 8 nitrogen and oxygen atoms in total. The zero-order valence-electron chi connectivity index (χ0n) is 16.7. The van der Waals surface area contributed by atoms with Gasteiger partial charge in [0.2, 0.25) is 12.4 Å². The minimum absolute atomic E-state index is 0.0289. The molecule has 1 aromatic carbocycles. The number of aliphatic hydroxyl groups excluding tert-OH is 1. The third-order valence-electron chi connectivity index (χ3n) is 4.37. The fourth-order valence-corrected chi connectivity index (χ4v) is 3.17. The van der Waals surface area contributed by atoms with E-state index in [1.54, 1.807) is 12.1 Å². The van der Waals surface area contributed by atoms with Crippen LogP contribution in [-0.2, 0) is 4.79 Å². The molecule has 8 heteroatoms. The Kier molecular flexibility index (Phi) is 6.04. The van der Waals surface area contributed by atoms with Crippen LogP contribution in [0.2, 0.25) is 0 Å². The maximum absolute atomic E-state index is 11.9. The lowest BCUT2D eigenvalue weighted by Gasteiger charge is -2.17. The molecule has 2 aromatic heterocycles. The number of nitrogens with two attached hydrogens (primary N) is 1. The number of likely N-dealkylation sites (N-methyl/N-ethyl adjacent to an activating group) is 1. The van der Waals surface area contributed by atoms with Gasteiger partial charge < -0.3 is 10.8 Å². The minimum atomic E-state index is -0.0734. The average Bonchev–Trinajstić information content (AvgIpc) is 2.68. The number of benzene rings is 1. The second-order valence-corrected chi connectivity index (χ2v) is 6.70. The molecule has 0 atom stereocenters. The van der Waals surface area contributed by atoms with Crippen LogP contribution in [0.5, 0.6) is 0 Å². The first-order chi connectivity index (χ1) is 13.9. The number of aliphatic hydroxyl groups is 1. The zero-order chi connectivity index (χ0) is 21.0. The highest BCUT2D eigenvalue weighted by Gasteiger charge is 2.18. The van der Waals surface area contributed by atoms with Crippen LogP contribution in [0.1, 0.15) is 11.4 Å². The lowest BCUT2D eigenvalue weighted by Crippen LogP contribution is -2.31. The van der Waals surface area contributed by atoms with Crippen molar-refractivity contribution in [3.63, 3.8) is 0 Å². The zero-order valence-corrected chi connectivity index (χ0v) is 16.7. The number of pyridine rings is 1. The summed E-state index contributed by atoms with van der Waals surface area (Å²) in [6.07, 6.45) is 0.590. The van der Waals surface area contributed by atoms with E-state index in [4.69, 9.17) is 5.73 Å². The first-order valence-corrected chi connectivity index (χ1v) is 9.19. The lowest BCUT2D eigenvalue weighted by atomic mass is 9.99. The first-order valence-electron chi connectivity index (χ1n) is 9.19. The molecule has 0 unspecified atom stereocenters. The number of carbonyl (C=O) groups is 1. The van der Waals surface area contributed by atoms with Gasteiger partial charge in [0.1, 0.15) is 0 Å². The molecule has 0 bridgehead atoms. The highest BCUT2D eigenvalue weighted by molar-refractivity contribution is 5.82. The molecule has 3 rings (SSSR count). The van der Waals surface area contributed by atoms with Crippen LogP contribution in [0.3, 0.4) is 0 Å². The van der Waals surface area contributed by atoms with E-state index in [9.17, 15) is 9.90 Å². The Morgan fingerprint density at radius 3 is 2.38 bits per heavy atom. The molecule has 3 N–H and O–H groups in total. The van der Waals surface area contributed by atoms with Crippen molar-refractivity contribution in [3.05, 3.63) is 59.3 Å². The average molecular weight is 392 g/mol. The fraction of sp³-hybridized carbons (Fsp3) is 0.238. The van der Waals surface area contributed by atoms with Gasteiger partial charge in [-0.15, -0.1) is 0 Å². The van der Waals surface area contributed by atoms with E-state index in [0.29, 0.717) is 29.7 Å². The quantitative estimate of drug-likeness (QED) is 0.487. The van der Waals surface area contributed by atoms with Crippen LogP contribution in [0, 0.1) is 13.8 Å². The van der Waals surface area contributed by atoms with Gasteiger partial charge in [-0.05, 0) is 31.5 Å². The van der Waals surface area contributed by atoms with Crippen molar-refractivity contribution < 1.29 is 9.90 Å². The van der Waals surface area contributed by atoms with Gasteiger partial charge in [0, 0.05) is 24.0 Å². The second-order valence-electron chi connectivity index (χ2n) is 6.70. The number of rotatable bonds is 6. The minimum Gasteiger partial charge on any atom is -0.394 e. The van der Waals surface area contributed by atoms with Crippen molar-refractivity contribution >= 4 is 12.4 Å². The number of nitrogen functional groups attached to an aromatic ring is 1. The maximum atomic E-state index is 11.9. The molecule has 0 aliphatic heterocycles. The van der Waals surface area contributed by atoms with Crippen LogP contribution in [-0.4, -0.2) is 51.3 Å². The summed E-state index contributed by atoms with van der Waals surface area (Å²) in [6.45, 7) is 4.05. The first kappa shape index (κ1) is 20.2. The molecular formula is C21H24N6O2. The molecule has 3 aromatic rings. The summed E-state index contributed by atoms with van der Waals surface area (Å²) in [7, 11) is 1.72. The lowest BCUT2D eigenvalue weighted by molar-refractivity contribution is 0.221. The van der Waals surface area contributed by atoms with Gasteiger partial charge in [0.05, 0.1) is 24.4 Å². The predicted octanol–water partition coefficient (Wildman–Crippen LogP) is 1.59. The van der Waals surface area contributed by atoms with Gasteiger partial charge in [-0.25, -0.2) is 9.55 Å². The van der Waals surface area contributed by atoms with E-state index in [-0.39, 0.29) is 12.6 Å². The number of carbonyl (C=O) groups excluding carboxylic acids is 1. The summed E-state index contributed by atoms with van der Waals surface area (Å²) in [6, 6.07) is 13.4. The molecule has 0 radical (unpaired) electrons. The maximum Gasteiger partial charge on any atom is 0.222 e. The smallest absolute Gasteiger partial charge is 0.222 e. The number of hydrogen-bond acceptors (Lipinski definition) is 7. The second kappa shape index (κ2) is 8.66. The van der Waals surface area contributed by atoms with Gasteiger partial charge in [-0.2, -0.15) is 5.10 Å². The predicted molar refractivity (Wildman–Crippen MR) is 112 cm³/mol. The monoisotopic (exact) mass is 392 g/mol. The molecule has 0 aliphatic rings.